The van der Waals surface area contributed by atoms with Gasteiger partial charge in [-0.15, -0.1) is 0 Å². The molecule has 3 atom stereocenters. The third kappa shape index (κ3) is 6.53. The molecule has 1 aliphatic heterocycles. The van der Waals surface area contributed by atoms with E-state index in [1.54, 1.807) is 26.1 Å². The molecule has 2 N–H and O–H groups in total. The predicted octanol–water partition coefficient (Wildman–Crippen LogP) is 1.77. The van der Waals surface area contributed by atoms with Gasteiger partial charge in [0.1, 0.15) is 17.6 Å². The maximum absolute atomic E-state index is 13.7. The summed E-state index contributed by atoms with van der Waals surface area (Å²) in [6, 6.07) is 9.75. The number of nitrogens with one attached hydrogen (secondary N) is 1. The van der Waals surface area contributed by atoms with Gasteiger partial charge in [0.15, 0.2) is 5.03 Å². The van der Waals surface area contributed by atoms with Crippen LogP contribution in [-0.4, -0.2) is 92.6 Å². The number of nitrogens with zero attached hydrogens (tertiary/aromatic N) is 4. The molecule has 0 aliphatic carbocycles. The van der Waals surface area contributed by atoms with Crippen LogP contribution in [0.2, 0.25) is 0 Å². The second-order valence-corrected chi connectivity index (χ2v) is 14.0. The molecule has 0 bridgehead atoms. The van der Waals surface area contributed by atoms with E-state index in [0.717, 1.165) is 0 Å². The predicted molar refractivity (Wildman–Crippen MR) is 154 cm³/mol. The summed E-state index contributed by atoms with van der Waals surface area (Å²) in [4.78, 5) is 19.1. The summed E-state index contributed by atoms with van der Waals surface area (Å²) in [5.41, 5.74) is 0.173. The van der Waals surface area contributed by atoms with E-state index in [2.05, 4.69) is 9.71 Å². The number of aromatic nitrogens is 2. The van der Waals surface area contributed by atoms with E-state index in [1.165, 1.54) is 70.8 Å². The molecular weight excluding hydrogens is 586 g/mol. The van der Waals surface area contributed by atoms with Gasteiger partial charge >= 0.3 is 0 Å². The van der Waals surface area contributed by atoms with E-state index < -0.39 is 38.1 Å². The molecule has 2 heterocycles. The molecule has 2 aromatic carbocycles. The first kappa shape index (κ1) is 31.3. The number of benzene rings is 2. The van der Waals surface area contributed by atoms with Crippen LogP contribution in [0.3, 0.4) is 0 Å². The standard InChI is InChI=1S/C27H35N5O8S2/c1-18-13-32(19(2)16-33)27(34)23-12-20(29-41(35,36)26-15-30(3)17-28-26)6-11-24(23)40-25(18)14-31(4)42(37,38)22-9-7-21(39-5)8-10-22/h6-12,15,17-19,25,29,33H,13-14,16H2,1-5H3/t18-,19-,25+/m0/s1. The van der Waals surface area contributed by atoms with Gasteiger partial charge in [-0.2, -0.15) is 12.7 Å². The van der Waals surface area contributed by atoms with Crippen LogP contribution in [0.1, 0.15) is 24.2 Å². The van der Waals surface area contributed by atoms with Crippen LogP contribution in [0.15, 0.2) is 64.9 Å². The van der Waals surface area contributed by atoms with Crippen molar-refractivity contribution in [1.29, 1.82) is 0 Å². The summed E-state index contributed by atoms with van der Waals surface area (Å²) in [5, 5.41) is 9.71. The fourth-order valence-electron chi connectivity index (χ4n) is 4.52. The molecule has 15 heteroatoms. The minimum Gasteiger partial charge on any atom is -0.497 e. The maximum Gasteiger partial charge on any atom is 0.280 e. The summed E-state index contributed by atoms with van der Waals surface area (Å²) in [6.07, 6.45) is 2.00. The normalized spacial score (nSPS) is 18.5. The molecule has 0 spiro atoms. The zero-order chi connectivity index (χ0) is 30.8. The SMILES string of the molecule is COc1ccc(S(=O)(=O)N(C)C[C@H]2Oc3ccc(NS(=O)(=O)c4cn(C)cn4)cc3C(=O)N([C@@H](C)CO)C[C@@H]2C)cc1. The number of aryl methyl sites for hydroxylation is 1. The van der Waals surface area contributed by atoms with Gasteiger partial charge in [0, 0.05) is 38.4 Å². The first-order chi connectivity index (χ1) is 19.8. The van der Waals surface area contributed by atoms with Crippen LogP contribution in [0, 0.1) is 5.92 Å². The fourth-order valence-corrected chi connectivity index (χ4v) is 6.73. The molecule has 0 fully saturated rings. The van der Waals surface area contributed by atoms with Gasteiger partial charge in [-0.3, -0.25) is 9.52 Å². The number of amides is 1. The minimum absolute atomic E-state index is 0.0431. The van der Waals surface area contributed by atoms with Crippen molar-refractivity contribution in [3.63, 3.8) is 0 Å². The topological polar surface area (TPSA) is 160 Å². The lowest BCUT2D eigenvalue weighted by Gasteiger charge is -2.38. The number of anilines is 1. The van der Waals surface area contributed by atoms with Crippen molar-refractivity contribution in [3.8, 4) is 11.5 Å². The number of methoxy groups -OCH3 is 1. The van der Waals surface area contributed by atoms with E-state index >= 15 is 0 Å². The van der Waals surface area contributed by atoms with Gasteiger partial charge in [0.25, 0.3) is 15.9 Å². The highest BCUT2D eigenvalue weighted by Gasteiger charge is 2.35. The zero-order valence-corrected chi connectivity index (χ0v) is 25.6. The highest BCUT2D eigenvalue weighted by Crippen LogP contribution is 2.32. The molecule has 1 amide bonds. The Kier molecular flexibility index (Phi) is 9.15. The molecule has 0 radical (unpaired) electrons. The highest BCUT2D eigenvalue weighted by atomic mass is 32.2. The van der Waals surface area contributed by atoms with Gasteiger partial charge in [-0.05, 0) is 49.4 Å². The summed E-state index contributed by atoms with van der Waals surface area (Å²) in [7, 11) is -3.35. The van der Waals surface area contributed by atoms with Crippen LogP contribution >= 0.6 is 0 Å². The number of rotatable bonds is 10. The Morgan fingerprint density at radius 3 is 2.48 bits per heavy atom. The lowest BCUT2D eigenvalue weighted by atomic mass is 9.99. The van der Waals surface area contributed by atoms with E-state index in [9.17, 15) is 26.7 Å². The van der Waals surface area contributed by atoms with Crippen LogP contribution in [-0.2, 0) is 27.1 Å². The number of hydrogen-bond donors (Lipinski definition) is 2. The summed E-state index contributed by atoms with van der Waals surface area (Å²) in [5.74, 6) is -0.126. The molecule has 0 saturated heterocycles. The molecule has 3 aromatic rings. The number of aliphatic hydroxyl groups is 1. The third-order valence-corrected chi connectivity index (χ3v) is 10.2. The zero-order valence-electron chi connectivity index (χ0n) is 24.0. The summed E-state index contributed by atoms with van der Waals surface area (Å²) in [6.45, 7) is 3.33. The molecule has 0 unspecified atom stereocenters. The second-order valence-electron chi connectivity index (χ2n) is 10.3. The number of carbonyl (C=O) groups excluding carboxylic acids is 1. The average molecular weight is 622 g/mol. The van der Waals surface area contributed by atoms with Gasteiger partial charge in [0.05, 0.1) is 43.1 Å². The number of fused-ring (bicyclic) bond motifs is 1. The monoisotopic (exact) mass is 621 g/mol. The third-order valence-electron chi connectivity index (χ3n) is 7.08. The first-order valence-electron chi connectivity index (χ1n) is 13.1. The molecule has 4 rings (SSSR count). The van der Waals surface area contributed by atoms with Gasteiger partial charge < -0.3 is 24.0 Å². The number of ether oxygens (including phenoxy) is 2. The van der Waals surface area contributed by atoms with Gasteiger partial charge in [-0.25, -0.2) is 13.4 Å². The Morgan fingerprint density at radius 2 is 1.88 bits per heavy atom. The van der Waals surface area contributed by atoms with E-state index in [-0.39, 0.29) is 52.5 Å². The number of aliphatic hydroxyl groups excluding tert-OH is 1. The number of carbonyl (C=O) groups is 1. The van der Waals surface area contributed by atoms with Crippen molar-refractivity contribution in [2.45, 2.75) is 35.9 Å². The first-order valence-corrected chi connectivity index (χ1v) is 16.0. The van der Waals surface area contributed by atoms with Crippen molar-refractivity contribution in [3.05, 3.63) is 60.6 Å². The quantitative estimate of drug-likeness (QED) is 0.344. The van der Waals surface area contributed by atoms with Crippen molar-refractivity contribution < 1.29 is 36.2 Å². The molecule has 0 saturated carbocycles. The lowest BCUT2D eigenvalue weighted by Crippen LogP contribution is -2.50. The molecule has 228 valence electrons. The van der Waals surface area contributed by atoms with Crippen molar-refractivity contribution in [2.24, 2.45) is 13.0 Å². The van der Waals surface area contributed by atoms with Gasteiger partial charge in [-0.1, -0.05) is 6.92 Å². The van der Waals surface area contributed by atoms with Crippen molar-refractivity contribution >= 4 is 31.6 Å². The Bertz CT molecular complexity index is 1640. The number of sulfonamides is 2. The van der Waals surface area contributed by atoms with Crippen LogP contribution < -0.4 is 14.2 Å². The maximum atomic E-state index is 13.7. The average Bonchev–Trinajstić information content (AvgIpc) is 3.41. The Morgan fingerprint density at radius 1 is 1.19 bits per heavy atom. The van der Waals surface area contributed by atoms with E-state index in [4.69, 9.17) is 9.47 Å². The molecule has 1 aliphatic rings. The van der Waals surface area contributed by atoms with Crippen molar-refractivity contribution in [1.82, 2.24) is 18.8 Å². The van der Waals surface area contributed by atoms with Crippen molar-refractivity contribution in [2.75, 3.05) is 38.6 Å². The summed E-state index contributed by atoms with van der Waals surface area (Å²) < 4.78 is 68.9. The number of likely N-dealkylation sites (N-methyl/N-ethyl adjacent to an activating group) is 1. The molecule has 1 aromatic heterocycles. The molecular formula is C27H35N5O8S2. The second kappa shape index (κ2) is 12.3. The van der Waals surface area contributed by atoms with Crippen LogP contribution in [0.5, 0.6) is 11.5 Å². The Labute approximate surface area is 245 Å². The Hall–Kier alpha value is -3.66. The number of hydrogen-bond acceptors (Lipinski definition) is 9. The van der Waals surface area contributed by atoms with E-state index in [1.807, 2.05) is 6.92 Å². The van der Waals surface area contributed by atoms with Crippen LogP contribution in [0.4, 0.5) is 5.69 Å². The summed E-state index contributed by atoms with van der Waals surface area (Å²) >= 11 is 0. The largest absolute Gasteiger partial charge is 0.497 e. The van der Waals surface area contributed by atoms with Crippen LogP contribution in [0.25, 0.3) is 0 Å². The smallest absolute Gasteiger partial charge is 0.280 e. The van der Waals surface area contributed by atoms with Gasteiger partial charge in [0.2, 0.25) is 10.0 Å². The molecule has 13 nitrogen and oxygen atoms in total. The highest BCUT2D eigenvalue weighted by molar-refractivity contribution is 7.92. The Balaban J connectivity index is 1.67. The molecule has 42 heavy (non-hydrogen) atoms. The van der Waals surface area contributed by atoms with E-state index in [0.29, 0.717) is 5.75 Å². The fraction of sp³-hybridized carbons (Fsp3) is 0.407. The lowest BCUT2D eigenvalue weighted by molar-refractivity contribution is 0.0387. The minimum atomic E-state index is -4.04. The number of imidazole rings is 1.